The molecule has 0 bridgehead atoms. The minimum atomic E-state index is -0.207. The smallest absolute Gasteiger partial charge is 0.259 e. The van der Waals surface area contributed by atoms with Crippen LogP contribution >= 0.6 is 11.3 Å². The summed E-state index contributed by atoms with van der Waals surface area (Å²) in [5.41, 5.74) is 5.53. The Morgan fingerprint density at radius 3 is 2.48 bits per heavy atom. The van der Waals surface area contributed by atoms with Gasteiger partial charge in [0.05, 0.1) is 15.8 Å². The quantitative estimate of drug-likeness (QED) is 0.300. The van der Waals surface area contributed by atoms with Gasteiger partial charge in [0.15, 0.2) is 0 Å². The van der Waals surface area contributed by atoms with Crippen LogP contribution in [0.15, 0.2) is 97.1 Å². The van der Waals surface area contributed by atoms with Crippen molar-refractivity contribution in [3.05, 3.63) is 114 Å². The fourth-order valence-electron chi connectivity index (χ4n) is 3.57. The molecule has 162 valence electrons. The van der Waals surface area contributed by atoms with E-state index in [1.807, 2.05) is 72.8 Å². The van der Waals surface area contributed by atoms with E-state index >= 15 is 0 Å². The normalized spacial score (nSPS) is 10.8. The second-order valence-electron chi connectivity index (χ2n) is 7.79. The van der Waals surface area contributed by atoms with Crippen LogP contribution in [0.2, 0.25) is 0 Å². The summed E-state index contributed by atoms with van der Waals surface area (Å²) in [5.74, 6) is 0.349. The summed E-state index contributed by atoms with van der Waals surface area (Å²) in [7, 11) is 0. The van der Waals surface area contributed by atoms with Gasteiger partial charge in [-0.25, -0.2) is 4.98 Å². The van der Waals surface area contributed by atoms with Gasteiger partial charge in [0, 0.05) is 11.3 Å². The van der Waals surface area contributed by atoms with Crippen molar-refractivity contribution in [2.45, 2.75) is 13.5 Å². The van der Waals surface area contributed by atoms with Crippen molar-refractivity contribution in [1.82, 2.24) is 4.98 Å². The molecule has 0 saturated heterocycles. The Balaban J connectivity index is 1.30. The lowest BCUT2D eigenvalue weighted by Crippen LogP contribution is -2.13. The Bertz CT molecular complexity index is 1410. The van der Waals surface area contributed by atoms with Gasteiger partial charge in [-0.3, -0.25) is 4.79 Å². The summed E-state index contributed by atoms with van der Waals surface area (Å²) in [5, 5.41) is 3.94. The Kier molecular flexibility index (Phi) is 5.87. The molecule has 4 aromatic carbocycles. The highest BCUT2D eigenvalue weighted by atomic mass is 32.1. The Hall–Kier alpha value is -3.96. The number of thiazole rings is 1. The van der Waals surface area contributed by atoms with Gasteiger partial charge in [0.1, 0.15) is 17.4 Å². The average molecular weight is 451 g/mol. The van der Waals surface area contributed by atoms with Gasteiger partial charge in [0.25, 0.3) is 5.91 Å². The molecule has 0 fully saturated rings. The summed E-state index contributed by atoms with van der Waals surface area (Å²) in [4.78, 5) is 17.7. The number of ether oxygens (including phenoxy) is 1. The molecular weight excluding hydrogens is 428 g/mol. The lowest BCUT2D eigenvalue weighted by atomic mass is 10.1. The number of hydrogen-bond donors (Lipinski definition) is 1. The molecule has 5 rings (SSSR count). The molecule has 33 heavy (non-hydrogen) atoms. The predicted molar refractivity (Wildman–Crippen MR) is 135 cm³/mol. The Labute approximate surface area is 196 Å². The summed E-state index contributed by atoms with van der Waals surface area (Å²) in [6.07, 6.45) is 0. The van der Waals surface area contributed by atoms with E-state index in [0.29, 0.717) is 17.9 Å². The third-order valence-electron chi connectivity index (χ3n) is 5.30. The van der Waals surface area contributed by atoms with Crippen LogP contribution in [0.25, 0.3) is 20.8 Å². The van der Waals surface area contributed by atoms with E-state index < -0.39 is 0 Å². The number of hydrogen-bond acceptors (Lipinski definition) is 4. The maximum absolute atomic E-state index is 12.9. The van der Waals surface area contributed by atoms with E-state index in [1.165, 1.54) is 10.3 Å². The minimum absolute atomic E-state index is 0.207. The molecule has 1 amide bonds. The second-order valence-corrected chi connectivity index (χ2v) is 8.82. The van der Waals surface area contributed by atoms with Gasteiger partial charge in [0.2, 0.25) is 0 Å². The van der Waals surface area contributed by atoms with Crippen molar-refractivity contribution < 1.29 is 9.53 Å². The molecule has 0 unspecified atom stereocenters. The first-order valence-electron chi connectivity index (χ1n) is 10.7. The number of benzene rings is 4. The zero-order valence-electron chi connectivity index (χ0n) is 18.1. The molecule has 5 heteroatoms. The zero-order chi connectivity index (χ0) is 22.6. The minimum Gasteiger partial charge on any atom is -0.488 e. The highest BCUT2D eigenvalue weighted by molar-refractivity contribution is 7.21. The van der Waals surface area contributed by atoms with Crippen molar-refractivity contribution in [3.63, 3.8) is 0 Å². The van der Waals surface area contributed by atoms with Crippen LogP contribution in [0.4, 0.5) is 5.69 Å². The molecule has 0 aliphatic rings. The van der Waals surface area contributed by atoms with E-state index in [0.717, 1.165) is 27.3 Å². The highest BCUT2D eigenvalue weighted by Gasteiger charge is 2.13. The first-order valence-corrected chi connectivity index (χ1v) is 11.5. The number of carbonyl (C=O) groups is 1. The van der Waals surface area contributed by atoms with Gasteiger partial charge in [-0.2, -0.15) is 0 Å². The van der Waals surface area contributed by atoms with Crippen LogP contribution in [0.5, 0.6) is 5.75 Å². The zero-order valence-corrected chi connectivity index (χ0v) is 18.9. The summed E-state index contributed by atoms with van der Waals surface area (Å²) in [6, 6.07) is 31.2. The second kappa shape index (κ2) is 9.27. The average Bonchev–Trinajstić information content (AvgIpc) is 3.27. The van der Waals surface area contributed by atoms with Crippen LogP contribution in [0.3, 0.4) is 0 Å². The highest BCUT2D eigenvalue weighted by Crippen LogP contribution is 2.31. The first kappa shape index (κ1) is 20.9. The molecule has 0 saturated carbocycles. The van der Waals surface area contributed by atoms with Crippen molar-refractivity contribution in [3.8, 4) is 16.3 Å². The standard InChI is InChI=1S/C28H22N2O2S/c1-19-11-16-24-26(17-19)33-28(30-24)21-12-14-22(15-13-21)29-27(31)23-9-5-6-10-25(23)32-18-20-7-3-2-4-8-20/h2-17H,18H2,1H3,(H,29,31). The van der Waals surface area contributed by atoms with Crippen molar-refractivity contribution >= 4 is 33.1 Å². The van der Waals surface area contributed by atoms with E-state index in [-0.39, 0.29) is 5.91 Å². The van der Waals surface area contributed by atoms with Crippen LogP contribution in [-0.4, -0.2) is 10.9 Å². The predicted octanol–water partition coefficient (Wildman–Crippen LogP) is 7.10. The van der Waals surface area contributed by atoms with Gasteiger partial charge >= 0.3 is 0 Å². The van der Waals surface area contributed by atoms with Crippen molar-refractivity contribution in [1.29, 1.82) is 0 Å². The van der Waals surface area contributed by atoms with Gasteiger partial charge in [-0.05, 0) is 66.6 Å². The van der Waals surface area contributed by atoms with Gasteiger partial charge < -0.3 is 10.1 Å². The molecule has 0 atom stereocenters. The fraction of sp³-hybridized carbons (Fsp3) is 0.0714. The number of fused-ring (bicyclic) bond motifs is 1. The van der Waals surface area contributed by atoms with E-state index in [1.54, 1.807) is 17.4 Å². The number of aromatic nitrogens is 1. The molecule has 1 heterocycles. The third kappa shape index (κ3) is 4.78. The molecule has 0 radical (unpaired) electrons. The van der Waals surface area contributed by atoms with Crippen LogP contribution in [0.1, 0.15) is 21.5 Å². The molecular formula is C28H22N2O2S. The number of nitrogens with zero attached hydrogens (tertiary/aromatic N) is 1. The number of para-hydroxylation sites is 1. The molecule has 1 N–H and O–H groups in total. The Morgan fingerprint density at radius 2 is 1.67 bits per heavy atom. The maximum atomic E-state index is 12.9. The largest absolute Gasteiger partial charge is 0.488 e. The summed E-state index contributed by atoms with van der Waals surface area (Å²) >= 11 is 1.67. The van der Waals surface area contributed by atoms with E-state index in [9.17, 15) is 4.79 Å². The Morgan fingerprint density at radius 1 is 0.909 bits per heavy atom. The molecule has 0 spiro atoms. The summed E-state index contributed by atoms with van der Waals surface area (Å²) < 4.78 is 7.10. The van der Waals surface area contributed by atoms with Gasteiger partial charge in [-0.15, -0.1) is 11.3 Å². The van der Waals surface area contributed by atoms with Gasteiger partial charge in [-0.1, -0.05) is 48.5 Å². The molecule has 1 aromatic heterocycles. The molecule has 4 nitrogen and oxygen atoms in total. The monoisotopic (exact) mass is 450 g/mol. The van der Waals surface area contributed by atoms with Crippen LogP contribution in [0, 0.1) is 6.92 Å². The lowest BCUT2D eigenvalue weighted by Gasteiger charge is -2.12. The number of amides is 1. The van der Waals surface area contributed by atoms with Crippen LogP contribution in [-0.2, 0) is 6.61 Å². The fourth-order valence-corrected chi connectivity index (χ4v) is 4.63. The van der Waals surface area contributed by atoms with Crippen molar-refractivity contribution in [2.24, 2.45) is 0 Å². The van der Waals surface area contributed by atoms with E-state index in [2.05, 4.69) is 30.4 Å². The SMILES string of the molecule is Cc1ccc2nc(-c3ccc(NC(=O)c4ccccc4OCc4ccccc4)cc3)sc2c1. The van der Waals surface area contributed by atoms with Crippen LogP contribution < -0.4 is 10.1 Å². The topological polar surface area (TPSA) is 51.2 Å². The number of nitrogens with one attached hydrogen (secondary N) is 1. The molecule has 0 aliphatic heterocycles. The number of anilines is 1. The van der Waals surface area contributed by atoms with E-state index in [4.69, 9.17) is 9.72 Å². The number of rotatable bonds is 6. The maximum Gasteiger partial charge on any atom is 0.259 e. The number of aryl methyl sites for hydroxylation is 1. The molecule has 0 aliphatic carbocycles. The third-order valence-corrected chi connectivity index (χ3v) is 6.37. The molecule has 5 aromatic rings. The summed E-state index contributed by atoms with van der Waals surface area (Å²) in [6.45, 7) is 2.49. The van der Waals surface area contributed by atoms with Crippen molar-refractivity contribution in [2.75, 3.05) is 5.32 Å². The lowest BCUT2D eigenvalue weighted by molar-refractivity contribution is 0.102. The number of carbonyl (C=O) groups excluding carboxylic acids is 1. The first-order chi connectivity index (χ1) is 16.2.